The Morgan fingerprint density at radius 3 is 2.83 bits per heavy atom. The standard InChI is InChI=1S/C16H26OS/c1-12(2)15-5-4-13(3)10-16(15,17)8-6-14-7-9-18-11-14/h7,9,11-13,15,17H,4-6,8,10H2,1-3H3. The van der Waals surface area contributed by atoms with Gasteiger partial charge < -0.3 is 5.11 Å². The van der Waals surface area contributed by atoms with E-state index in [4.69, 9.17) is 0 Å². The predicted molar refractivity (Wildman–Crippen MR) is 78.9 cm³/mol. The van der Waals surface area contributed by atoms with Gasteiger partial charge in [-0.1, -0.05) is 27.2 Å². The maximum atomic E-state index is 11.1. The first-order valence-corrected chi connectivity index (χ1v) is 8.19. The monoisotopic (exact) mass is 266 g/mol. The molecule has 0 radical (unpaired) electrons. The average molecular weight is 266 g/mol. The van der Waals surface area contributed by atoms with Gasteiger partial charge in [0.25, 0.3) is 0 Å². The van der Waals surface area contributed by atoms with Crippen LogP contribution in [0.15, 0.2) is 16.8 Å². The molecule has 1 aliphatic carbocycles. The van der Waals surface area contributed by atoms with E-state index in [9.17, 15) is 5.11 Å². The largest absolute Gasteiger partial charge is 0.390 e. The summed E-state index contributed by atoms with van der Waals surface area (Å²) in [4.78, 5) is 0. The zero-order chi connectivity index (χ0) is 13.2. The van der Waals surface area contributed by atoms with E-state index in [-0.39, 0.29) is 0 Å². The van der Waals surface area contributed by atoms with E-state index in [1.807, 2.05) is 0 Å². The smallest absolute Gasteiger partial charge is 0.0684 e. The summed E-state index contributed by atoms with van der Waals surface area (Å²) in [5.41, 5.74) is 0.947. The lowest BCUT2D eigenvalue weighted by Crippen LogP contribution is -2.45. The molecule has 1 aliphatic rings. The van der Waals surface area contributed by atoms with Crippen molar-refractivity contribution in [2.24, 2.45) is 17.8 Å². The number of aryl methyl sites for hydroxylation is 1. The van der Waals surface area contributed by atoms with E-state index in [0.29, 0.717) is 17.8 Å². The molecule has 0 amide bonds. The molecule has 1 N–H and O–H groups in total. The first-order valence-electron chi connectivity index (χ1n) is 7.25. The van der Waals surface area contributed by atoms with Crippen molar-refractivity contribution in [3.63, 3.8) is 0 Å². The summed E-state index contributed by atoms with van der Waals surface area (Å²) in [6, 6.07) is 2.19. The molecular weight excluding hydrogens is 240 g/mol. The molecule has 0 aliphatic heterocycles. The molecule has 0 spiro atoms. The molecule has 18 heavy (non-hydrogen) atoms. The van der Waals surface area contributed by atoms with Gasteiger partial charge in [-0.3, -0.25) is 0 Å². The number of hydrogen-bond donors (Lipinski definition) is 1. The number of aliphatic hydroxyl groups is 1. The molecule has 3 unspecified atom stereocenters. The Bertz CT molecular complexity index is 357. The van der Waals surface area contributed by atoms with Crippen LogP contribution in [0.5, 0.6) is 0 Å². The highest BCUT2D eigenvalue weighted by atomic mass is 32.1. The molecule has 1 fully saturated rings. The maximum Gasteiger partial charge on any atom is 0.0684 e. The second kappa shape index (κ2) is 5.75. The van der Waals surface area contributed by atoms with Crippen LogP contribution in [0.3, 0.4) is 0 Å². The fourth-order valence-corrected chi connectivity index (χ4v) is 4.33. The molecule has 0 aromatic carbocycles. The van der Waals surface area contributed by atoms with Crippen LogP contribution < -0.4 is 0 Å². The van der Waals surface area contributed by atoms with Gasteiger partial charge in [-0.25, -0.2) is 0 Å². The molecule has 1 aromatic heterocycles. The molecule has 102 valence electrons. The molecule has 2 rings (SSSR count). The van der Waals surface area contributed by atoms with Crippen LogP contribution in [-0.2, 0) is 6.42 Å². The first kappa shape index (κ1) is 14.1. The Morgan fingerprint density at radius 2 is 2.22 bits per heavy atom. The minimum Gasteiger partial charge on any atom is -0.390 e. The molecule has 0 saturated heterocycles. The lowest BCUT2D eigenvalue weighted by Gasteiger charge is -2.45. The highest BCUT2D eigenvalue weighted by Gasteiger charge is 2.42. The van der Waals surface area contributed by atoms with Gasteiger partial charge in [0.2, 0.25) is 0 Å². The minimum absolute atomic E-state index is 0.437. The molecular formula is C16H26OS. The van der Waals surface area contributed by atoms with Gasteiger partial charge in [-0.2, -0.15) is 11.3 Å². The van der Waals surface area contributed by atoms with E-state index < -0.39 is 5.60 Å². The van der Waals surface area contributed by atoms with Gasteiger partial charge in [0, 0.05) is 0 Å². The van der Waals surface area contributed by atoms with Crippen LogP contribution in [0.1, 0.15) is 52.0 Å². The van der Waals surface area contributed by atoms with Crippen LogP contribution in [0, 0.1) is 17.8 Å². The Hall–Kier alpha value is -0.340. The van der Waals surface area contributed by atoms with Crippen molar-refractivity contribution < 1.29 is 5.11 Å². The lowest BCUT2D eigenvalue weighted by atomic mass is 9.65. The van der Waals surface area contributed by atoms with E-state index in [1.54, 1.807) is 11.3 Å². The number of hydrogen-bond acceptors (Lipinski definition) is 2. The van der Waals surface area contributed by atoms with Gasteiger partial charge in [-0.15, -0.1) is 0 Å². The Morgan fingerprint density at radius 1 is 1.44 bits per heavy atom. The number of rotatable bonds is 4. The summed E-state index contributed by atoms with van der Waals surface area (Å²) < 4.78 is 0. The zero-order valence-corrected chi connectivity index (χ0v) is 12.7. The molecule has 1 aromatic rings. The summed E-state index contributed by atoms with van der Waals surface area (Å²) >= 11 is 1.75. The Kier molecular flexibility index (Phi) is 4.50. The third-order valence-corrected chi connectivity index (χ3v) is 5.33. The fourth-order valence-electron chi connectivity index (χ4n) is 3.63. The summed E-state index contributed by atoms with van der Waals surface area (Å²) in [6.07, 6.45) is 5.41. The van der Waals surface area contributed by atoms with Crippen LogP contribution >= 0.6 is 11.3 Å². The van der Waals surface area contributed by atoms with Crippen molar-refractivity contribution in [3.05, 3.63) is 22.4 Å². The topological polar surface area (TPSA) is 20.2 Å². The highest BCUT2D eigenvalue weighted by molar-refractivity contribution is 7.07. The molecule has 2 heteroatoms. The van der Waals surface area contributed by atoms with Crippen molar-refractivity contribution in [2.75, 3.05) is 0 Å². The fraction of sp³-hybridized carbons (Fsp3) is 0.750. The molecule has 3 atom stereocenters. The third-order valence-electron chi connectivity index (χ3n) is 4.59. The lowest BCUT2D eigenvalue weighted by molar-refractivity contribution is -0.0855. The SMILES string of the molecule is CC1CCC(C(C)C)C(O)(CCc2ccsc2)C1. The summed E-state index contributed by atoms with van der Waals surface area (Å²) in [6.45, 7) is 6.80. The van der Waals surface area contributed by atoms with Gasteiger partial charge in [0.05, 0.1) is 5.60 Å². The van der Waals surface area contributed by atoms with Gasteiger partial charge in [0.1, 0.15) is 0 Å². The average Bonchev–Trinajstić information content (AvgIpc) is 2.78. The van der Waals surface area contributed by atoms with Crippen molar-refractivity contribution in [1.29, 1.82) is 0 Å². The molecule has 1 saturated carbocycles. The van der Waals surface area contributed by atoms with Crippen LogP contribution in [0.25, 0.3) is 0 Å². The van der Waals surface area contributed by atoms with Gasteiger partial charge in [0.15, 0.2) is 0 Å². The minimum atomic E-state index is -0.437. The van der Waals surface area contributed by atoms with Crippen molar-refractivity contribution in [2.45, 2.75) is 58.5 Å². The molecule has 1 nitrogen and oxygen atoms in total. The van der Waals surface area contributed by atoms with E-state index in [1.165, 1.54) is 18.4 Å². The van der Waals surface area contributed by atoms with E-state index in [0.717, 1.165) is 19.3 Å². The maximum absolute atomic E-state index is 11.1. The molecule has 1 heterocycles. The van der Waals surface area contributed by atoms with Crippen LogP contribution in [-0.4, -0.2) is 10.7 Å². The highest BCUT2D eigenvalue weighted by Crippen LogP contribution is 2.43. The van der Waals surface area contributed by atoms with Crippen molar-refractivity contribution >= 4 is 11.3 Å². The summed E-state index contributed by atoms with van der Waals surface area (Å²) in [5, 5.41) is 15.4. The normalized spacial score (nSPS) is 32.9. The van der Waals surface area contributed by atoms with Gasteiger partial charge in [-0.05, 0) is 65.8 Å². The summed E-state index contributed by atoms with van der Waals surface area (Å²) in [7, 11) is 0. The molecule has 0 bridgehead atoms. The first-order chi connectivity index (χ1) is 8.51. The zero-order valence-electron chi connectivity index (χ0n) is 11.9. The summed E-state index contributed by atoms with van der Waals surface area (Å²) in [5.74, 6) is 1.74. The Labute approximate surface area is 115 Å². The Balaban J connectivity index is 2.04. The van der Waals surface area contributed by atoms with Gasteiger partial charge >= 0.3 is 0 Å². The quantitative estimate of drug-likeness (QED) is 0.850. The van der Waals surface area contributed by atoms with E-state index >= 15 is 0 Å². The number of thiophene rings is 1. The van der Waals surface area contributed by atoms with Crippen LogP contribution in [0.2, 0.25) is 0 Å². The predicted octanol–water partition coefficient (Wildman–Crippen LogP) is 4.50. The van der Waals surface area contributed by atoms with Crippen molar-refractivity contribution in [1.82, 2.24) is 0 Å². The second-order valence-corrected chi connectivity index (χ2v) is 7.25. The van der Waals surface area contributed by atoms with Crippen LogP contribution in [0.4, 0.5) is 0 Å². The second-order valence-electron chi connectivity index (χ2n) is 6.47. The third kappa shape index (κ3) is 3.16. The van der Waals surface area contributed by atoms with E-state index in [2.05, 4.69) is 37.6 Å². The van der Waals surface area contributed by atoms with Crippen molar-refractivity contribution in [3.8, 4) is 0 Å².